The molecule has 0 heterocycles. The fraction of sp³-hybridized carbons (Fsp3) is 1.00. The molecule has 0 aliphatic heterocycles. The van der Waals surface area contributed by atoms with Crippen molar-refractivity contribution < 1.29 is 0 Å². The fourth-order valence-corrected chi connectivity index (χ4v) is 0.539. The number of thiol groups is 1. The lowest BCUT2D eigenvalue weighted by molar-refractivity contribution is 0.708. The smallest absolute Gasteiger partial charge is 0.00413 e. The molecular weight excluding hydrogens is 106 g/mol. The second-order valence-electron chi connectivity index (χ2n) is 1.43. The highest BCUT2D eigenvalue weighted by Gasteiger charge is 1.77. The van der Waals surface area contributed by atoms with Gasteiger partial charge < -0.3 is 5.32 Å². The maximum atomic E-state index is 4.05. The van der Waals surface area contributed by atoms with E-state index < -0.39 is 0 Å². The lowest BCUT2D eigenvalue weighted by atomic mass is 10.5. The van der Waals surface area contributed by atoms with Gasteiger partial charge in [0.15, 0.2) is 0 Å². The van der Waals surface area contributed by atoms with E-state index in [1.165, 1.54) is 6.42 Å². The zero-order valence-corrected chi connectivity index (χ0v) is 5.67. The summed E-state index contributed by atoms with van der Waals surface area (Å²) in [5, 5.41) is 3.20. The van der Waals surface area contributed by atoms with E-state index in [9.17, 15) is 0 Å². The predicted molar refractivity (Wildman–Crippen MR) is 37.0 cm³/mol. The third-order valence-electron chi connectivity index (χ3n) is 0.762. The first kappa shape index (κ1) is 7.31. The highest BCUT2D eigenvalue weighted by atomic mass is 32.1. The van der Waals surface area contributed by atoms with Crippen LogP contribution < -0.4 is 5.32 Å². The maximum absolute atomic E-state index is 4.05. The Bertz CT molecular complexity index is 27.3. The Morgan fingerprint density at radius 3 is 2.71 bits per heavy atom. The van der Waals surface area contributed by atoms with Crippen molar-refractivity contribution in [2.24, 2.45) is 0 Å². The molecule has 0 rings (SSSR count). The second kappa shape index (κ2) is 6.31. The summed E-state index contributed by atoms with van der Waals surface area (Å²) in [6.45, 7) is 4.30. The summed E-state index contributed by atoms with van der Waals surface area (Å²) in [5.74, 6) is 0.993. The number of hydrogen-bond donors (Lipinski definition) is 2. The van der Waals surface area contributed by atoms with Crippen LogP contribution >= 0.6 is 12.6 Å². The van der Waals surface area contributed by atoms with Crippen LogP contribution in [-0.2, 0) is 0 Å². The van der Waals surface area contributed by atoms with Crippen LogP contribution in [0, 0.1) is 0 Å². The van der Waals surface area contributed by atoms with Crippen LogP contribution in [0.1, 0.15) is 13.3 Å². The van der Waals surface area contributed by atoms with E-state index in [0.29, 0.717) is 0 Å². The van der Waals surface area contributed by atoms with E-state index in [1.54, 1.807) is 0 Å². The molecule has 0 fully saturated rings. The van der Waals surface area contributed by atoms with Crippen molar-refractivity contribution >= 4 is 12.6 Å². The van der Waals surface area contributed by atoms with Crippen molar-refractivity contribution in [2.45, 2.75) is 13.3 Å². The summed E-state index contributed by atoms with van der Waals surface area (Å²) >= 11 is 4.05. The number of hydrogen-bond acceptors (Lipinski definition) is 2. The Hall–Kier alpha value is 0.310. The molecule has 0 aromatic rings. The van der Waals surface area contributed by atoms with E-state index in [4.69, 9.17) is 0 Å². The summed E-state index contributed by atoms with van der Waals surface area (Å²) in [6.07, 6.45) is 1.18. The topological polar surface area (TPSA) is 12.0 Å². The van der Waals surface area contributed by atoms with Gasteiger partial charge in [-0.1, -0.05) is 6.92 Å². The molecule has 0 saturated carbocycles. The van der Waals surface area contributed by atoms with E-state index in [0.717, 1.165) is 18.8 Å². The normalized spacial score (nSPS) is 9.43. The largest absolute Gasteiger partial charge is 0.317 e. The maximum Gasteiger partial charge on any atom is -0.00413 e. The standard InChI is InChI=1S/C5H13NS/c1-2-6-4-3-5-7/h6-7H,2-5H2,1H3. The van der Waals surface area contributed by atoms with Gasteiger partial charge in [0.25, 0.3) is 0 Å². The van der Waals surface area contributed by atoms with Gasteiger partial charge in [-0.3, -0.25) is 0 Å². The Morgan fingerprint density at radius 1 is 1.57 bits per heavy atom. The molecule has 1 N–H and O–H groups in total. The molecule has 0 unspecified atom stereocenters. The molecule has 2 heteroatoms. The molecule has 0 aliphatic rings. The van der Waals surface area contributed by atoms with Gasteiger partial charge in [-0.15, -0.1) is 0 Å². The quantitative estimate of drug-likeness (QED) is 0.414. The molecule has 44 valence electrons. The van der Waals surface area contributed by atoms with Crippen LogP contribution in [0.2, 0.25) is 0 Å². The molecule has 7 heavy (non-hydrogen) atoms. The average Bonchev–Trinajstić information content (AvgIpc) is 1.69. The van der Waals surface area contributed by atoms with E-state index in [2.05, 4.69) is 24.9 Å². The number of nitrogens with one attached hydrogen (secondary N) is 1. The Balaban J connectivity index is 2.45. The van der Waals surface area contributed by atoms with Gasteiger partial charge in [0.05, 0.1) is 0 Å². The Morgan fingerprint density at radius 2 is 2.29 bits per heavy atom. The molecular formula is C5H13NS. The van der Waals surface area contributed by atoms with Gasteiger partial charge in [-0.2, -0.15) is 12.6 Å². The zero-order valence-electron chi connectivity index (χ0n) is 4.78. The molecule has 0 aromatic heterocycles. The van der Waals surface area contributed by atoms with Crippen LogP contribution in [0.25, 0.3) is 0 Å². The molecule has 0 spiro atoms. The van der Waals surface area contributed by atoms with Crippen LogP contribution in [0.5, 0.6) is 0 Å². The van der Waals surface area contributed by atoms with Gasteiger partial charge in [-0.25, -0.2) is 0 Å². The molecule has 0 amide bonds. The zero-order chi connectivity index (χ0) is 5.54. The fourth-order valence-electron chi connectivity index (χ4n) is 0.381. The monoisotopic (exact) mass is 119 g/mol. The third kappa shape index (κ3) is 6.31. The summed E-state index contributed by atoms with van der Waals surface area (Å²) in [6, 6.07) is 0. The molecule has 0 radical (unpaired) electrons. The summed E-state index contributed by atoms with van der Waals surface area (Å²) in [5.41, 5.74) is 0. The van der Waals surface area contributed by atoms with Gasteiger partial charge in [-0.05, 0) is 25.3 Å². The first-order chi connectivity index (χ1) is 3.41. The van der Waals surface area contributed by atoms with Gasteiger partial charge in [0.1, 0.15) is 0 Å². The lowest BCUT2D eigenvalue weighted by Gasteiger charge is -1.94. The van der Waals surface area contributed by atoms with Gasteiger partial charge in [0.2, 0.25) is 0 Å². The van der Waals surface area contributed by atoms with Crippen molar-refractivity contribution in [1.29, 1.82) is 0 Å². The Labute approximate surface area is 50.9 Å². The first-order valence-corrected chi connectivity index (χ1v) is 3.36. The number of rotatable bonds is 4. The minimum atomic E-state index is 0.993. The minimum Gasteiger partial charge on any atom is -0.317 e. The van der Waals surface area contributed by atoms with Crippen molar-refractivity contribution in [1.82, 2.24) is 5.32 Å². The van der Waals surface area contributed by atoms with Gasteiger partial charge >= 0.3 is 0 Å². The van der Waals surface area contributed by atoms with E-state index in [1.807, 2.05) is 0 Å². The molecule has 0 aromatic carbocycles. The highest BCUT2D eigenvalue weighted by molar-refractivity contribution is 7.80. The highest BCUT2D eigenvalue weighted by Crippen LogP contribution is 1.78. The summed E-state index contributed by atoms with van der Waals surface area (Å²) in [4.78, 5) is 0. The van der Waals surface area contributed by atoms with Crippen molar-refractivity contribution in [3.8, 4) is 0 Å². The van der Waals surface area contributed by atoms with Crippen molar-refractivity contribution in [3.63, 3.8) is 0 Å². The summed E-state index contributed by atoms with van der Waals surface area (Å²) < 4.78 is 0. The molecule has 1 nitrogen and oxygen atoms in total. The van der Waals surface area contributed by atoms with Gasteiger partial charge in [0, 0.05) is 0 Å². The first-order valence-electron chi connectivity index (χ1n) is 2.73. The Kier molecular flexibility index (Phi) is 6.59. The SMILES string of the molecule is CCNCCCS. The van der Waals surface area contributed by atoms with Crippen molar-refractivity contribution in [3.05, 3.63) is 0 Å². The van der Waals surface area contributed by atoms with Crippen LogP contribution in [-0.4, -0.2) is 18.8 Å². The molecule has 0 saturated heterocycles. The second-order valence-corrected chi connectivity index (χ2v) is 1.88. The molecule has 0 aliphatic carbocycles. The minimum absolute atomic E-state index is 0.993. The van der Waals surface area contributed by atoms with Crippen LogP contribution in [0.4, 0.5) is 0 Å². The predicted octanol–water partition coefficient (Wildman–Crippen LogP) is 0.916. The molecule has 0 bridgehead atoms. The lowest BCUT2D eigenvalue weighted by Crippen LogP contribution is -2.13. The molecule has 0 atom stereocenters. The summed E-state index contributed by atoms with van der Waals surface area (Å²) in [7, 11) is 0. The van der Waals surface area contributed by atoms with Crippen LogP contribution in [0.3, 0.4) is 0 Å². The van der Waals surface area contributed by atoms with E-state index >= 15 is 0 Å². The third-order valence-corrected chi connectivity index (χ3v) is 1.08. The van der Waals surface area contributed by atoms with Crippen molar-refractivity contribution in [2.75, 3.05) is 18.8 Å². The van der Waals surface area contributed by atoms with Crippen LogP contribution in [0.15, 0.2) is 0 Å². The average molecular weight is 119 g/mol. The van der Waals surface area contributed by atoms with E-state index in [-0.39, 0.29) is 0 Å².